The number of pyridine rings is 1. The lowest BCUT2D eigenvalue weighted by atomic mass is 10.0. The molecule has 2 heterocycles. The van der Waals surface area contributed by atoms with Crippen molar-refractivity contribution in [3.63, 3.8) is 0 Å². The number of hydrogen-bond donors (Lipinski definition) is 2. The van der Waals surface area contributed by atoms with Crippen molar-refractivity contribution in [2.45, 2.75) is 6.42 Å². The summed E-state index contributed by atoms with van der Waals surface area (Å²) in [6.07, 6.45) is 3.35. The van der Waals surface area contributed by atoms with Crippen LogP contribution >= 0.6 is 0 Å². The van der Waals surface area contributed by atoms with Crippen molar-refractivity contribution in [1.29, 1.82) is 0 Å². The zero-order chi connectivity index (χ0) is 20.4. The van der Waals surface area contributed by atoms with Gasteiger partial charge in [-0.1, -0.05) is 0 Å². The Hall–Kier alpha value is -3.61. The van der Waals surface area contributed by atoms with Gasteiger partial charge in [0, 0.05) is 36.1 Å². The minimum atomic E-state index is -0.714. The van der Waals surface area contributed by atoms with Crippen LogP contribution in [0.5, 0.6) is 0 Å². The summed E-state index contributed by atoms with van der Waals surface area (Å²) in [6, 6.07) is 11.1. The Morgan fingerprint density at radius 2 is 1.83 bits per heavy atom. The fourth-order valence-electron chi connectivity index (χ4n) is 3.30. The average Bonchev–Trinajstić information content (AvgIpc) is 3.08. The second-order valence-electron chi connectivity index (χ2n) is 6.54. The smallest absolute Gasteiger partial charge is 0.252 e. The summed E-state index contributed by atoms with van der Waals surface area (Å²) in [6.45, 7) is 0.243. The van der Waals surface area contributed by atoms with Crippen LogP contribution < -0.4 is 5.32 Å². The lowest BCUT2D eigenvalue weighted by molar-refractivity contribution is 0.0954. The molecule has 0 unspecified atom stereocenters. The van der Waals surface area contributed by atoms with Crippen molar-refractivity contribution < 1.29 is 18.0 Å². The molecule has 0 saturated heterocycles. The maximum absolute atomic E-state index is 14.3. The first-order chi connectivity index (χ1) is 14.0. The molecule has 4 aromatic rings. The number of hydrogen-bond acceptors (Lipinski definition) is 2. The molecule has 0 fully saturated rings. The van der Waals surface area contributed by atoms with Gasteiger partial charge in [-0.05, 0) is 60.0 Å². The Labute approximate surface area is 164 Å². The monoisotopic (exact) mass is 395 g/mol. The molecule has 0 aliphatic rings. The van der Waals surface area contributed by atoms with Crippen LogP contribution in [0.25, 0.3) is 22.2 Å². The third-order valence-corrected chi connectivity index (χ3v) is 4.65. The number of amides is 1. The van der Waals surface area contributed by atoms with Gasteiger partial charge in [0.15, 0.2) is 0 Å². The first-order valence-electron chi connectivity index (χ1n) is 8.96. The molecular weight excluding hydrogens is 379 g/mol. The van der Waals surface area contributed by atoms with Crippen molar-refractivity contribution in [1.82, 2.24) is 15.3 Å². The number of benzene rings is 2. The zero-order valence-corrected chi connectivity index (χ0v) is 15.2. The van der Waals surface area contributed by atoms with Crippen LogP contribution in [0.3, 0.4) is 0 Å². The van der Waals surface area contributed by atoms with Crippen LogP contribution in [0.2, 0.25) is 0 Å². The van der Waals surface area contributed by atoms with Crippen LogP contribution in [-0.2, 0) is 6.42 Å². The van der Waals surface area contributed by atoms with E-state index < -0.39 is 17.5 Å². The highest BCUT2D eigenvalue weighted by Crippen LogP contribution is 2.32. The van der Waals surface area contributed by atoms with Gasteiger partial charge in [-0.2, -0.15) is 0 Å². The molecule has 146 valence electrons. The van der Waals surface area contributed by atoms with E-state index in [9.17, 15) is 18.0 Å². The molecule has 0 bridgehead atoms. The van der Waals surface area contributed by atoms with Gasteiger partial charge in [-0.25, -0.2) is 13.2 Å². The normalized spacial score (nSPS) is 11.0. The van der Waals surface area contributed by atoms with Gasteiger partial charge in [-0.3, -0.25) is 9.78 Å². The van der Waals surface area contributed by atoms with Crippen LogP contribution in [-0.4, -0.2) is 22.4 Å². The van der Waals surface area contributed by atoms with Gasteiger partial charge < -0.3 is 10.3 Å². The summed E-state index contributed by atoms with van der Waals surface area (Å²) in [7, 11) is 0. The molecule has 2 aromatic carbocycles. The SMILES string of the molecule is O=C(NCCc1c(-c2ccc(F)cc2)[nH]c2c(F)cc(F)cc12)c1cccnc1. The van der Waals surface area contributed by atoms with E-state index in [2.05, 4.69) is 15.3 Å². The first kappa shape index (κ1) is 18.7. The quantitative estimate of drug-likeness (QED) is 0.518. The summed E-state index contributed by atoms with van der Waals surface area (Å²) in [4.78, 5) is 19.1. The number of nitrogens with one attached hydrogen (secondary N) is 2. The summed E-state index contributed by atoms with van der Waals surface area (Å²) in [5, 5.41) is 3.17. The van der Waals surface area contributed by atoms with Gasteiger partial charge >= 0.3 is 0 Å². The van der Waals surface area contributed by atoms with E-state index in [1.54, 1.807) is 30.5 Å². The third-order valence-electron chi connectivity index (χ3n) is 4.65. The van der Waals surface area contributed by atoms with E-state index in [0.717, 1.165) is 6.07 Å². The van der Waals surface area contributed by atoms with Crippen molar-refractivity contribution in [3.8, 4) is 11.3 Å². The summed E-state index contributed by atoms with van der Waals surface area (Å²) < 4.78 is 41.4. The predicted molar refractivity (Wildman–Crippen MR) is 104 cm³/mol. The highest BCUT2D eigenvalue weighted by Gasteiger charge is 2.17. The number of aromatic amines is 1. The molecule has 0 aliphatic carbocycles. The fourth-order valence-corrected chi connectivity index (χ4v) is 3.30. The molecule has 4 nitrogen and oxygen atoms in total. The highest BCUT2D eigenvalue weighted by atomic mass is 19.1. The standard InChI is InChI=1S/C22H16F3N3O/c23-15-5-3-13(4-6-15)20-17(18-10-16(24)11-19(25)21(18)28-20)7-9-27-22(29)14-2-1-8-26-12-14/h1-6,8,10-12,28H,7,9H2,(H,27,29). The molecule has 0 spiro atoms. The highest BCUT2D eigenvalue weighted by molar-refractivity contribution is 5.94. The van der Waals surface area contributed by atoms with Crippen molar-refractivity contribution in [3.05, 3.63) is 89.5 Å². The van der Waals surface area contributed by atoms with Crippen LogP contribution in [0.15, 0.2) is 60.9 Å². The minimum absolute atomic E-state index is 0.166. The Morgan fingerprint density at radius 1 is 1.03 bits per heavy atom. The molecule has 1 amide bonds. The number of carbonyl (C=O) groups excluding carboxylic acids is 1. The van der Waals surface area contributed by atoms with Crippen LogP contribution in [0, 0.1) is 17.5 Å². The Kier molecular flexibility index (Phi) is 5.03. The van der Waals surface area contributed by atoms with Gasteiger partial charge in [0.2, 0.25) is 0 Å². The molecule has 2 N–H and O–H groups in total. The Bertz CT molecular complexity index is 1170. The van der Waals surface area contributed by atoms with Gasteiger partial charge in [-0.15, -0.1) is 0 Å². The molecule has 29 heavy (non-hydrogen) atoms. The zero-order valence-electron chi connectivity index (χ0n) is 15.2. The van der Waals surface area contributed by atoms with E-state index in [1.807, 2.05) is 0 Å². The number of halogens is 3. The van der Waals surface area contributed by atoms with Gasteiger partial charge in [0.05, 0.1) is 11.1 Å². The molecule has 0 atom stereocenters. The average molecular weight is 395 g/mol. The molecule has 0 radical (unpaired) electrons. The molecule has 2 aromatic heterocycles. The van der Waals surface area contributed by atoms with Crippen molar-refractivity contribution in [2.75, 3.05) is 6.54 Å². The third kappa shape index (κ3) is 3.85. The summed E-state index contributed by atoms with van der Waals surface area (Å²) >= 11 is 0. The second kappa shape index (κ2) is 7.79. The Morgan fingerprint density at radius 3 is 2.55 bits per heavy atom. The maximum atomic E-state index is 14.3. The number of fused-ring (bicyclic) bond motifs is 1. The van der Waals surface area contributed by atoms with Gasteiger partial charge in [0.1, 0.15) is 17.5 Å². The molecule has 7 heteroatoms. The van der Waals surface area contributed by atoms with Gasteiger partial charge in [0.25, 0.3) is 5.91 Å². The molecule has 0 saturated carbocycles. The van der Waals surface area contributed by atoms with E-state index in [4.69, 9.17) is 0 Å². The number of nitrogens with zero attached hydrogens (tertiary/aromatic N) is 1. The molecular formula is C22H16F3N3O. The van der Waals surface area contributed by atoms with E-state index in [0.29, 0.717) is 34.2 Å². The second-order valence-corrected chi connectivity index (χ2v) is 6.54. The fraction of sp³-hybridized carbons (Fsp3) is 0.0909. The Balaban J connectivity index is 1.67. The maximum Gasteiger partial charge on any atom is 0.252 e. The van der Waals surface area contributed by atoms with Crippen LogP contribution in [0.1, 0.15) is 15.9 Å². The molecule has 4 rings (SSSR count). The largest absolute Gasteiger partial charge is 0.352 e. The first-order valence-corrected chi connectivity index (χ1v) is 8.96. The summed E-state index contributed by atoms with van der Waals surface area (Å²) in [5.41, 5.74) is 2.41. The minimum Gasteiger partial charge on any atom is -0.352 e. The van der Waals surface area contributed by atoms with E-state index in [-0.39, 0.29) is 18.0 Å². The predicted octanol–water partition coefficient (Wildman–Crippen LogP) is 4.62. The number of rotatable bonds is 5. The number of H-pyrrole nitrogens is 1. The van der Waals surface area contributed by atoms with E-state index in [1.165, 1.54) is 24.4 Å². The molecule has 0 aliphatic heterocycles. The number of aromatic nitrogens is 2. The van der Waals surface area contributed by atoms with Crippen molar-refractivity contribution in [2.24, 2.45) is 0 Å². The van der Waals surface area contributed by atoms with Crippen LogP contribution in [0.4, 0.5) is 13.2 Å². The summed E-state index contributed by atoms with van der Waals surface area (Å²) in [5.74, 6) is -2.10. The topological polar surface area (TPSA) is 57.8 Å². The lowest BCUT2D eigenvalue weighted by Gasteiger charge is -2.08. The lowest BCUT2D eigenvalue weighted by Crippen LogP contribution is -2.25. The van der Waals surface area contributed by atoms with E-state index >= 15 is 0 Å². The van der Waals surface area contributed by atoms with Crippen molar-refractivity contribution >= 4 is 16.8 Å². The number of carbonyl (C=O) groups is 1.